The van der Waals surface area contributed by atoms with Gasteiger partial charge in [0.1, 0.15) is 6.61 Å². The first kappa shape index (κ1) is 17.6. The summed E-state index contributed by atoms with van der Waals surface area (Å²) >= 11 is 0. The smallest absolute Gasteiger partial charge is 0.407 e. The number of carboxylic acids is 1. The highest BCUT2D eigenvalue weighted by Crippen LogP contribution is 2.45. The predicted molar refractivity (Wildman–Crippen MR) is 102 cm³/mol. The van der Waals surface area contributed by atoms with E-state index in [1.165, 1.54) is 22.3 Å². The Kier molecular flexibility index (Phi) is 4.38. The van der Waals surface area contributed by atoms with Gasteiger partial charge in [0.05, 0.1) is 5.41 Å². The molecule has 0 heterocycles. The molecule has 1 fully saturated rings. The van der Waals surface area contributed by atoms with Gasteiger partial charge in [-0.2, -0.15) is 0 Å². The molecule has 0 atom stereocenters. The standard InChI is InChI=1S/C22H23NO4/c1-22(20(24)25)10-14(11-22)12-23-21(26)27-13-19-17-8-4-2-6-15(17)16-7-3-5-9-18(16)19/h2-9,14,19H,10-13H2,1H3,(H,23,26)(H,24,25). The van der Waals surface area contributed by atoms with Crippen molar-refractivity contribution in [2.24, 2.45) is 11.3 Å². The number of hydrogen-bond donors (Lipinski definition) is 2. The number of carbonyl (C=O) groups is 2. The van der Waals surface area contributed by atoms with Crippen molar-refractivity contribution in [2.45, 2.75) is 25.7 Å². The molecule has 2 aromatic carbocycles. The first-order valence-electron chi connectivity index (χ1n) is 9.30. The molecule has 4 rings (SSSR count). The summed E-state index contributed by atoms with van der Waals surface area (Å²) in [5.74, 6) is -0.520. The fourth-order valence-corrected chi connectivity index (χ4v) is 4.41. The van der Waals surface area contributed by atoms with E-state index in [0.717, 1.165) is 0 Å². The molecule has 0 spiro atoms. The lowest BCUT2D eigenvalue weighted by Crippen LogP contribution is -2.46. The minimum atomic E-state index is -0.764. The Morgan fingerprint density at radius 2 is 1.63 bits per heavy atom. The minimum absolute atomic E-state index is 0.0437. The highest BCUT2D eigenvalue weighted by molar-refractivity contribution is 5.79. The molecule has 0 aliphatic heterocycles. The summed E-state index contributed by atoms with van der Waals surface area (Å²) < 4.78 is 5.49. The molecule has 5 heteroatoms. The monoisotopic (exact) mass is 365 g/mol. The third-order valence-electron chi connectivity index (χ3n) is 5.87. The van der Waals surface area contributed by atoms with Gasteiger partial charge in [-0.25, -0.2) is 4.79 Å². The summed E-state index contributed by atoms with van der Waals surface area (Å²) in [7, 11) is 0. The van der Waals surface area contributed by atoms with Gasteiger partial charge in [0.25, 0.3) is 0 Å². The van der Waals surface area contributed by atoms with Crippen LogP contribution in [0.2, 0.25) is 0 Å². The number of carbonyl (C=O) groups excluding carboxylic acids is 1. The summed E-state index contributed by atoms with van der Waals surface area (Å²) in [6.07, 6.45) is 0.735. The average Bonchev–Trinajstić information content (AvgIpc) is 2.96. The van der Waals surface area contributed by atoms with Gasteiger partial charge in [0.2, 0.25) is 0 Å². The van der Waals surface area contributed by atoms with Crippen LogP contribution in [0.25, 0.3) is 11.1 Å². The fraction of sp³-hybridized carbons (Fsp3) is 0.364. The number of rotatable bonds is 5. The van der Waals surface area contributed by atoms with E-state index in [9.17, 15) is 9.59 Å². The SMILES string of the molecule is CC1(C(=O)O)CC(CNC(=O)OCC2c3ccccc3-c3ccccc32)C1. The van der Waals surface area contributed by atoms with Crippen LogP contribution in [0.4, 0.5) is 4.79 Å². The van der Waals surface area contributed by atoms with Crippen LogP contribution in [0.15, 0.2) is 48.5 Å². The van der Waals surface area contributed by atoms with E-state index in [0.29, 0.717) is 19.4 Å². The van der Waals surface area contributed by atoms with Crippen LogP contribution >= 0.6 is 0 Å². The van der Waals surface area contributed by atoms with E-state index in [-0.39, 0.29) is 18.4 Å². The van der Waals surface area contributed by atoms with Crippen LogP contribution in [0.5, 0.6) is 0 Å². The molecule has 2 aliphatic carbocycles. The Labute approximate surface area is 158 Å². The van der Waals surface area contributed by atoms with Crippen LogP contribution in [0.3, 0.4) is 0 Å². The maximum absolute atomic E-state index is 12.1. The van der Waals surface area contributed by atoms with Crippen LogP contribution < -0.4 is 5.32 Å². The van der Waals surface area contributed by atoms with Gasteiger partial charge in [-0.3, -0.25) is 4.79 Å². The summed E-state index contributed by atoms with van der Waals surface area (Å²) in [5.41, 5.74) is 4.12. The summed E-state index contributed by atoms with van der Waals surface area (Å²) in [6, 6.07) is 16.4. The minimum Gasteiger partial charge on any atom is -0.481 e. The maximum Gasteiger partial charge on any atom is 0.407 e. The third-order valence-corrected chi connectivity index (χ3v) is 5.87. The van der Waals surface area contributed by atoms with E-state index >= 15 is 0 Å². The van der Waals surface area contributed by atoms with Crippen LogP contribution in [0.1, 0.15) is 36.8 Å². The van der Waals surface area contributed by atoms with Gasteiger partial charge in [-0.1, -0.05) is 48.5 Å². The average molecular weight is 365 g/mol. The number of ether oxygens (including phenoxy) is 1. The van der Waals surface area contributed by atoms with Crippen molar-refractivity contribution in [2.75, 3.05) is 13.2 Å². The Morgan fingerprint density at radius 1 is 1.07 bits per heavy atom. The lowest BCUT2D eigenvalue weighted by molar-refractivity contribution is -0.156. The summed E-state index contributed by atoms with van der Waals surface area (Å²) in [4.78, 5) is 23.2. The Hall–Kier alpha value is -2.82. The number of alkyl carbamates (subject to hydrolysis) is 1. The van der Waals surface area contributed by atoms with Crippen molar-refractivity contribution in [1.29, 1.82) is 0 Å². The van der Waals surface area contributed by atoms with Gasteiger partial charge >= 0.3 is 12.1 Å². The second-order valence-electron chi connectivity index (χ2n) is 7.85. The van der Waals surface area contributed by atoms with Crippen molar-refractivity contribution in [3.8, 4) is 11.1 Å². The molecule has 0 unspecified atom stereocenters. The first-order valence-corrected chi connectivity index (χ1v) is 9.30. The zero-order valence-corrected chi connectivity index (χ0v) is 15.3. The van der Waals surface area contributed by atoms with Crippen molar-refractivity contribution < 1.29 is 19.4 Å². The zero-order chi connectivity index (χ0) is 19.0. The number of benzene rings is 2. The third kappa shape index (κ3) is 3.18. The largest absolute Gasteiger partial charge is 0.481 e. The Balaban J connectivity index is 1.33. The molecule has 2 aliphatic rings. The van der Waals surface area contributed by atoms with Crippen molar-refractivity contribution in [3.63, 3.8) is 0 Å². The number of nitrogens with one attached hydrogen (secondary N) is 1. The topological polar surface area (TPSA) is 75.6 Å². The molecule has 5 nitrogen and oxygen atoms in total. The maximum atomic E-state index is 12.1. The molecule has 2 aromatic rings. The van der Waals surface area contributed by atoms with Crippen molar-refractivity contribution >= 4 is 12.1 Å². The number of amides is 1. The van der Waals surface area contributed by atoms with E-state index in [2.05, 4.69) is 29.6 Å². The molecule has 1 amide bonds. The van der Waals surface area contributed by atoms with Crippen LogP contribution in [-0.2, 0) is 9.53 Å². The van der Waals surface area contributed by atoms with Gasteiger partial charge in [-0.05, 0) is 47.9 Å². The van der Waals surface area contributed by atoms with Gasteiger partial charge in [-0.15, -0.1) is 0 Å². The second kappa shape index (κ2) is 6.72. The molecule has 0 saturated heterocycles. The lowest BCUT2D eigenvalue weighted by atomic mass is 9.63. The van der Waals surface area contributed by atoms with E-state index in [1.807, 2.05) is 24.3 Å². The molecule has 27 heavy (non-hydrogen) atoms. The van der Waals surface area contributed by atoms with Crippen LogP contribution in [-0.4, -0.2) is 30.3 Å². The predicted octanol–water partition coefficient (Wildman–Crippen LogP) is 4.03. The van der Waals surface area contributed by atoms with E-state index in [4.69, 9.17) is 9.84 Å². The lowest BCUT2D eigenvalue weighted by Gasteiger charge is -2.41. The molecular weight excluding hydrogens is 342 g/mol. The molecule has 0 aromatic heterocycles. The molecule has 1 saturated carbocycles. The van der Waals surface area contributed by atoms with E-state index in [1.54, 1.807) is 6.92 Å². The Morgan fingerprint density at radius 3 is 2.19 bits per heavy atom. The molecular formula is C22H23NO4. The number of fused-ring (bicyclic) bond motifs is 3. The van der Waals surface area contributed by atoms with Gasteiger partial charge < -0.3 is 15.2 Å². The van der Waals surface area contributed by atoms with Crippen LogP contribution in [0, 0.1) is 11.3 Å². The van der Waals surface area contributed by atoms with E-state index < -0.39 is 17.5 Å². The molecule has 0 radical (unpaired) electrons. The summed E-state index contributed by atoms with van der Waals surface area (Å²) in [5, 5.41) is 11.9. The van der Waals surface area contributed by atoms with Gasteiger partial charge in [0, 0.05) is 12.5 Å². The molecule has 0 bridgehead atoms. The highest BCUT2D eigenvalue weighted by atomic mass is 16.5. The first-order chi connectivity index (χ1) is 13.0. The normalized spacial score (nSPS) is 23.1. The highest BCUT2D eigenvalue weighted by Gasteiger charge is 2.46. The molecule has 140 valence electrons. The summed E-state index contributed by atoms with van der Waals surface area (Å²) in [6.45, 7) is 2.50. The number of aliphatic carboxylic acids is 1. The Bertz CT molecular complexity index is 840. The molecule has 2 N–H and O–H groups in total. The number of carboxylic acid groups (broad SMARTS) is 1. The van der Waals surface area contributed by atoms with Crippen molar-refractivity contribution in [1.82, 2.24) is 5.32 Å². The quantitative estimate of drug-likeness (QED) is 0.839. The van der Waals surface area contributed by atoms with Gasteiger partial charge in [0.15, 0.2) is 0 Å². The number of hydrogen-bond acceptors (Lipinski definition) is 3. The zero-order valence-electron chi connectivity index (χ0n) is 15.3. The fourth-order valence-electron chi connectivity index (χ4n) is 4.41. The van der Waals surface area contributed by atoms with Crippen molar-refractivity contribution in [3.05, 3.63) is 59.7 Å². The second-order valence-corrected chi connectivity index (χ2v) is 7.85.